The molecule has 0 spiro atoms. The molecule has 0 amide bonds. The van der Waals surface area contributed by atoms with Crippen molar-refractivity contribution in [3.05, 3.63) is 130 Å². The molecule has 3 heteroatoms. The monoisotopic (exact) mass is 327 g/mol. The lowest BCUT2D eigenvalue weighted by Gasteiger charge is -2.34. The van der Waals surface area contributed by atoms with Crippen LogP contribution in [-0.2, 0) is 5.41 Å². The van der Waals surface area contributed by atoms with E-state index in [0.717, 1.165) is 16.7 Å². The number of nitrogens with one attached hydrogen (secondary N) is 1. The van der Waals surface area contributed by atoms with Crippen molar-refractivity contribution in [1.29, 1.82) is 0 Å². The molecule has 0 unspecified atom stereocenters. The van der Waals surface area contributed by atoms with Gasteiger partial charge in [-0.3, -0.25) is 4.98 Å². The van der Waals surface area contributed by atoms with Gasteiger partial charge >= 0.3 is 5.76 Å². The highest BCUT2D eigenvalue weighted by Crippen LogP contribution is 2.43. The molecule has 1 aromatic heterocycles. The molecular weight excluding hydrogens is 310 g/mol. The van der Waals surface area contributed by atoms with E-state index in [0.29, 0.717) is 5.69 Å². The van der Waals surface area contributed by atoms with Crippen molar-refractivity contribution in [2.75, 3.05) is 0 Å². The van der Waals surface area contributed by atoms with Crippen molar-refractivity contribution in [3.8, 4) is 0 Å². The third-order valence-corrected chi connectivity index (χ3v) is 4.54. The van der Waals surface area contributed by atoms with E-state index in [9.17, 15) is 4.79 Å². The first-order chi connectivity index (χ1) is 12.3. The Morgan fingerprint density at radius 3 is 1.36 bits per heavy atom. The molecule has 4 rings (SSSR count). The van der Waals surface area contributed by atoms with Crippen molar-refractivity contribution >= 4 is 0 Å². The molecule has 1 heterocycles. The second kappa shape index (κ2) is 6.29. The molecule has 122 valence electrons. The number of rotatable bonds is 4. The third-order valence-electron chi connectivity index (χ3n) is 4.54. The fraction of sp³-hybridized carbons (Fsp3) is 0.0455. The molecule has 3 aromatic carbocycles. The van der Waals surface area contributed by atoms with Crippen molar-refractivity contribution in [1.82, 2.24) is 4.98 Å². The number of oxazole rings is 1. The van der Waals surface area contributed by atoms with Gasteiger partial charge in [0.2, 0.25) is 0 Å². The Kier molecular flexibility index (Phi) is 3.82. The van der Waals surface area contributed by atoms with Crippen molar-refractivity contribution in [2.24, 2.45) is 0 Å². The van der Waals surface area contributed by atoms with Crippen LogP contribution in [0.1, 0.15) is 22.4 Å². The summed E-state index contributed by atoms with van der Waals surface area (Å²) in [4.78, 5) is 14.7. The average molecular weight is 327 g/mol. The van der Waals surface area contributed by atoms with Gasteiger partial charge in [-0.2, -0.15) is 0 Å². The minimum absolute atomic E-state index is 0.456. The molecule has 0 aliphatic heterocycles. The van der Waals surface area contributed by atoms with Gasteiger partial charge in [0.05, 0.1) is 11.1 Å². The zero-order valence-electron chi connectivity index (χ0n) is 13.6. The van der Waals surface area contributed by atoms with Crippen LogP contribution in [0.3, 0.4) is 0 Å². The molecule has 4 aromatic rings. The lowest BCUT2D eigenvalue weighted by molar-refractivity contribution is 0.513. The van der Waals surface area contributed by atoms with Crippen LogP contribution >= 0.6 is 0 Å². The quantitative estimate of drug-likeness (QED) is 0.566. The molecule has 0 aliphatic rings. The molecule has 0 atom stereocenters. The van der Waals surface area contributed by atoms with Crippen LogP contribution in [0.25, 0.3) is 0 Å². The Labute approximate surface area is 145 Å². The number of aromatic nitrogens is 1. The van der Waals surface area contributed by atoms with Crippen molar-refractivity contribution in [2.45, 2.75) is 5.41 Å². The lowest BCUT2D eigenvalue weighted by Crippen LogP contribution is -2.31. The third kappa shape index (κ3) is 2.50. The highest BCUT2D eigenvalue weighted by molar-refractivity contribution is 5.57. The van der Waals surface area contributed by atoms with E-state index in [1.807, 2.05) is 54.6 Å². The average Bonchev–Trinajstić information content (AvgIpc) is 3.12. The number of hydrogen-bond acceptors (Lipinski definition) is 2. The van der Waals surface area contributed by atoms with E-state index >= 15 is 0 Å². The minimum atomic E-state index is -0.657. The molecular formula is C22H17NO2. The van der Waals surface area contributed by atoms with Gasteiger partial charge in [-0.05, 0) is 16.7 Å². The van der Waals surface area contributed by atoms with Crippen LogP contribution < -0.4 is 5.76 Å². The maximum atomic E-state index is 11.8. The molecule has 0 saturated carbocycles. The normalized spacial score (nSPS) is 11.4. The van der Waals surface area contributed by atoms with Gasteiger partial charge in [0.15, 0.2) is 0 Å². The topological polar surface area (TPSA) is 46.0 Å². The number of aromatic amines is 1. The van der Waals surface area contributed by atoms with E-state index in [1.54, 1.807) is 0 Å². The lowest BCUT2D eigenvalue weighted by atomic mass is 9.67. The first-order valence-electron chi connectivity index (χ1n) is 8.16. The zero-order valence-corrected chi connectivity index (χ0v) is 13.6. The van der Waals surface area contributed by atoms with Crippen LogP contribution in [-0.4, -0.2) is 4.98 Å². The molecule has 0 aliphatic carbocycles. The SMILES string of the molecule is O=c1[nH]c(C(c2ccccc2)(c2ccccc2)c2ccccc2)co1. The van der Waals surface area contributed by atoms with Gasteiger partial charge in [0.1, 0.15) is 6.26 Å². The molecule has 0 bridgehead atoms. The van der Waals surface area contributed by atoms with Gasteiger partial charge in [-0.15, -0.1) is 0 Å². The predicted molar refractivity (Wildman–Crippen MR) is 97.6 cm³/mol. The van der Waals surface area contributed by atoms with Gasteiger partial charge in [0, 0.05) is 0 Å². The fourth-order valence-electron chi connectivity index (χ4n) is 3.49. The standard InChI is InChI=1S/C22H17NO2/c24-21-23-20(16-25-21)22(17-10-4-1-5-11-17,18-12-6-2-7-13-18)19-14-8-3-9-15-19/h1-16H,(H,23,24). The molecule has 25 heavy (non-hydrogen) atoms. The summed E-state index contributed by atoms with van der Waals surface area (Å²) in [5.41, 5.74) is 3.23. The highest BCUT2D eigenvalue weighted by atomic mass is 16.4. The molecule has 0 radical (unpaired) electrons. The summed E-state index contributed by atoms with van der Waals surface area (Å²) >= 11 is 0. The predicted octanol–water partition coefficient (Wildman–Crippen LogP) is 4.35. The van der Waals surface area contributed by atoms with Crippen LogP contribution in [0.5, 0.6) is 0 Å². The highest BCUT2D eigenvalue weighted by Gasteiger charge is 2.40. The molecule has 0 saturated heterocycles. The number of H-pyrrole nitrogens is 1. The summed E-state index contributed by atoms with van der Waals surface area (Å²) < 4.78 is 5.12. The van der Waals surface area contributed by atoms with Gasteiger partial charge in [0.25, 0.3) is 0 Å². The number of benzene rings is 3. The summed E-state index contributed by atoms with van der Waals surface area (Å²) in [7, 11) is 0. The van der Waals surface area contributed by atoms with E-state index in [1.165, 1.54) is 6.26 Å². The smallest absolute Gasteiger partial charge is 0.416 e. The zero-order chi connectivity index (χ0) is 17.1. The summed E-state index contributed by atoms with van der Waals surface area (Å²) in [5, 5.41) is 0. The largest absolute Gasteiger partial charge is 0.416 e. The van der Waals surface area contributed by atoms with Crippen molar-refractivity contribution in [3.63, 3.8) is 0 Å². The molecule has 1 N–H and O–H groups in total. The second-order valence-electron chi connectivity index (χ2n) is 5.91. The summed E-state index contributed by atoms with van der Waals surface area (Å²) in [5.74, 6) is -0.456. The van der Waals surface area contributed by atoms with Gasteiger partial charge in [-0.1, -0.05) is 91.0 Å². The first-order valence-corrected chi connectivity index (χ1v) is 8.16. The van der Waals surface area contributed by atoms with Crippen LogP contribution in [0, 0.1) is 0 Å². The van der Waals surface area contributed by atoms with E-state index in [2.05, 4.69) is 41.4 Å². The van der Waals surface area contributed by atoms with Crippen LogP contribution in [0.4, 0.5) is 0 Å². The maximum absolute atomic E-state index is 11.8. The van der Waals surface area contributed by atoms with Crippen molar-refractivity contribution < 1.29 is 4.42 Å². The first kappa shape index (κ1) is 15.2. The summed E-state index contributed by atoms with van der Waals surface area (Å²) in [6, 6.07) is 30.5. The van der Waals surface area contributed by atoms with Gasteiger partial charge < -0.3 is 4.42 Å². The summed E-state index contributed by atoms with van der Waals surface area (Å²) in [6.45, 7) is 0. The van der Waals surface area contributed by atoms with E-state index in [-0.39, 0.29) is 0 Å². The molecule has 3 nitrogen and oxygen atoms in total. The summed E-state index contributed by atoms with van der Waals surface area (Å²) in [6.07, 6.45) is 1.52. The second-order valence-corrected chi connectivity index (χ2v) is 5.91. The fourth-order valence-corrected chi connectivity index (χ4v) is 3.49. The Hall–Kier alpha value is -3.33. The molecule has 0 fully saturated rings. The van der Waals surface area contributed by atoms with Crippen LogP contribution in [0.15, 0.2) is 106 Å². The van der Waals surface area contributed by atoms with E-state index < -0.39 is 11.2 Å². The Bertz CT molecular complexity index is 905. The Morgan fingerprint density at radius 1 is 0.640 bits per heavy atom. The van der Waals surface area contributed by atoms with Crippen LogP contribution in [0.2, 0.25) is 0 Å². The van der Waals surface area contributed by atoms with E-state index in [4.69, 9.17) is 4.42 Å². The minimum Gasteiger partial charge on any atom is -0.416 e. The van der Waals surface area contributed by atoms with Gasteiger partial charge in [-0.25, -0.2) is 4.79 Å². The number of hydrogen-bond donors (Lipinski definition) is 1. The Balaban J connectivity index is 2.14. The Morgan fingerprint density at radius 2 is 1.04 bits per heavy atom. The maximum Gasteiger partial charge on any atom is 0.416 e.